The van der Waals surface area contributed by atoms with Crippen molar-refractivity contribution in [1.29, 1.82) is 0 Å². The van der Waals surface area contributed by atoms with Gasteiger partial charge in [-0.25, -0.2) is 0 Å². The number of rotatable bonds is 4. The topological polar surface area (TPSA) is 24.9 Å². The van der Waals surface area contributed by atoms with E-state index < -0.39 is 0 Å². The first-order valence-corrected chi connectivity index (χ1v) is 4.55. The molecule has 0 aliphatic rings. The summed E-state index contributed by atoms with van der Waals surface area (Å²) >= 11 is 0. The smallest absolute Gasteiger partial charge is 0.0403 e. The summed E-state index contributed by atoms with van der Waals surface area (Å²) in [6.07, 6.45) is 4.68. The third-order valence-electron chi connectivity index (χ3n) is 2.05. The van der Waals surface area contributed by atoms with Crippen molar-refractivity contribution < 1.29 is 0 Å². The lowest BCUT2D eigenvalue weighted by molar-refractivity contribution is 1.05. The normalized spacial score (nSPS) is 9.69. The molecule has 0 fully saturated rings. The first-order chi connectivity index (χ1) is 6.24. The molecule has 0 saturated carbocycles. The Labute approximate surface area is 79.7 Å². The maximum atomic E-state index is 4.03. The quantitative estimate of drug-likeness (QED) is 0.713. The van der Waals surface area contributed by atoms with Gasteiger partial charge in [-0.15, -0.1) is 0 Å². The Morgan fingerprint density at radius 1 is 1.62 bits per heavy atom. The molecular weight excluding hydrogens is 160 g/mol. The number of anilines is 1. The largest absolute Gasteiger partial charge is 0.381 e. The van der Waals surface area contributed by atoms with Crippen LogP contribution in [0, 0.1) is 6.92 Å². The fourth-order valence-corrected chi connectivity index (χ4v) is 1.02. The van der Waals surface area contributed by atoms with Gasteiger partial charge in [-0.2, -0.15) is 0 Å². The van der Waals surface area contributed by atoms with Crippen molar-refractivity contribution in [2.45, 2.75) is 20.3 Å². The van der Waals surface area contributed by atoms with Crippen LogP contribution in [0.1, 0.15) is 18.9 Å². The number of hydrogen-bond acceptors (Lipinski definition) is 2. The molecule has 0 bridgehead atoms. The van der Waals surface area contributed by atoms with Crippen LogP contribution in [0.5, 0.6) is 0 Å². The molecule has 70 valence electrons. The SMILES string of the molecule is C=C(CC)CNc1ccncc1C. The Morgan fingerprint density at radius 2 is 2.38 bits per heavy atom. The first-order valence-electron chi connectivity index (χ1n) is 4.55. The average molecular weight is 176 g/mol. The van der Waals surface area contributed by atoms with Gasteiger partial charge in [0.2, 0.25) is 0 Å². The molecule has 2 nitrogen and oxygen atoms in total. The monoisotopic (exact) mass is 176 g/mol. The fourth-order valence-electron chi connectivity index (χ4n) is 1.02. The van der Waals surface area contributed by atoms with Crippen LogP contribution in [-0.4, -0.2) is 11.5 Å². The minimum atomic E-state index is 0.849. The first kappa shape index (κ1) is 9.78. The summed E-state index contributed by atoms with van der Waals surface area (Å²) in [5, 5.41) is 3.32. The van der Waals surface area contributed by atoms with Crippen LogP contribution in [-0.2, 0) is 0 Å². The van der Waals surface area contributed by atoms with Crippen molar-refractivity contribution in [3.05, 3.63) is 36.2 Å². The summed E-state index contributed by atoms with van der Waals surface area (Å²) in [6, 6.07) is 1.98. The Hall–Kier alpha value is -1.31. The van der Waals surface area contributed by atoms with E-state index in [1.54, 1.807) is 6.20 Å². The third kappa shape index (κ3) is 2.90. The van der Waals surface area contributed by atoms with Crippen LogP contribution in [0.15, 0.2) is 30.6 Å². The highest BCUT2D eigenvalue weighted by Gasteiger charge is 1.96. The van der Waals surface area contributed by atoms with E-state index in [9.17, 15) is 0 Å². The van der Waals surface area contributed by atoms with Gasteiger partial charge in [0, 0.05) is 24.6 Å². The Morgan fingerprint density at radius 3 is 3.00 bits per heavy atom. The molecule has 1 rings (SSSR count). The lowest BCUT2D eigenvalue weighted by atomic mass is 10.2. The highest BCUT2D eigenvalue weighted by molar-refractivity contribution is 5.49. The molecule has 2 heteroatoms. The van der Waals surface area contributed by atoms with Crippen molar-refractivity contribution in [3.63, 3.8) is 0 Å². The number of nitrogens with zero attached hydrogens (tertiary/aromatic N) is 1. The minimum absolute atomic E-state index is 0.849. The fraction of sp³-hybridized carbons (Fsp3) is 0.364. The predicted molar refractivity (Wildman–Crippen MR) is 56.9 cm³/mol. The molecule has 1 heterocycles. The van der Waals surface area contributed by atoms with Gasteiger partial charge >= 0.3 is 0 Å². The van der Waals surface area contributed by atoms with Crippen LogP contribution < -0.4 is 5.32 Å². The molecule has 13 heavy (non-hydrogen) atoms. The van der Waals surface area contributed by atoms with Gasteiger partial charge in [-0.05, 0) is 25.0 Å². The average Bonchev–Trinajstić information content (AvgIpc) is 2.16. The Balaban J connectivity index is 2.54. The zero-order valence-corrected chi connectivity index (χ0v) is 8.30. The molecule has 0 radical (unpaired) electrons. The minimum Gasteiger partial charge on any atom is -0.381 e. The van der Waals surface area contributed by atoms with Gasteiger partial charge in [0.15, 0.2) is 0 Å². The predicted octanol–water partition coefficient (Wildman–Crippen LogP) is 2.77. The van der Waals surface area contributed by atoms with E-state index in [2.05, 4.69) is 23.8 Å². The molecule has 0 spiro atoms. The van der Waals surface area contributed by atoms with Crippen molar-refractivity contribution in [2.24, 2.45) is 0 Å². The zero-order valence-electron chi connectivity index (χ0n) is 8.30. The number of hydrogen-bond donors (Lipinski definition) is 1. The molecule has 1 aromatic heterocycles. The van der Waals surface area contributed by atoms with Gasteiger partial charge in [-0.1, -0.05) is 19.1 Å². The van der Waals surface area contributed by atoms with Crippen LogP contribution in [0.2, 0.25) is 0 Å². The molecule has 1 N–H and O–H groups in total. The van der Waals surface area contributed by atoms with E-state index in [4.69, 9.17) is 0 Å². The Kier molecular flexibility index (Phi) is 3.50. The van der Waals surface area contributed by atoms with Crippen molar-refractivity contribution in [3.8, 4) is 0 Å². The molecule has 0 aromatic carbocycles. The Bertz CT molecular complexity index is 292. The van der Waals surface area contributed by atoms with Gasteiger partial charge in [0.05, 0.1) is 0 Å². The van der Waals surface area contributed by atoms with Gasteiger partial charge in [-0.3, -0.25) is 4.98 Å². The van der Waals surface area contributed by atoms with E-state index >= 15 is 0 Å². The zero-order chi connectivity index (χ0) is 9.68. The van der Waals surface area contributed by atoms with E-state index in [0.717, 1.165) is 18.7 Å². The van der Waals surface area contributed by atoms with Crippen LogP contribution in [0.25, 0.3) is 0 Å². The summed E-state index contributed by atoms with van der Waals surface area (Å²) in [6.45, 7) is 8.95. The highest BCUT2D eigenvalue weighted by Crippen LogP contribution is 2.12. The molecule has 0 saturated heterocycles. The van der Waals surface area contributed by atoms with Crippen LogP contribution >= 0.6 is 0 Å². The second-order valence-electron chi connectivity index (χ2n) is 3.15. The molecule has 0 amide bonds. The van der Waals surface area contributed by atoms with E-state index in [-0.39, 0.29) is 0 Å². The van der Waals surface area contributed by atoms with E-state index in [0.29, 0.717) is 0 Å². The molecular formula is C11H16N2. The number of pyridine rings is 1. The van der Waals surface area contributed by atoms with Gasteiger partial charge in [0.1, 0.15) is 0 Å². The number of aromatic nitrogens is 1. The molecule has 0 aliphatic carbocycles. The second kappa shape index (κ2) is 4.65. The van der Waals surface area contributed by atoms with Crippen LogP contribution in [0.3, 0.4) is 0 Å². The van der Waals surface area contributed by atoms with Gasteiger partial charge in [0.25, 0.3) is 0 Å². The third-order valence-corrected chi connectivity index (χ3v) is 2.05. The molecule has 0 aliphatic heterocycles. The summed E-state index contributed by atoms with van der Waals surface area (Å²) in [4.78, 5) is 4.03. The second-order valence-corrected chi connectivity index (χ2v) is 3.15. The van der Waals surface area contributed by atoms with Gasteiger partial charge < -0.3 is 5.32 Å². The van der Waals surface area contributed by atoms with E-state index in [1.165, 1.54) is 11.1 Å². The summed E-state index contributed by atoms with van der Waals surface area (Å²) < 4.78 is 0. The summed E-state index contributed by atoms with van der Waals surface area (Å²) in [7, 11) is 0. The van der Waals surface area contributed by atoms with Crippen molar-refractivity contribution >= 4 is 5.69 Å². The number of aryl methyl sites for hydroxylation is 1. The number of nitrogens with one attached hydrogen (secondary N) is 1. The molecule has 0 atom stereocenters. The van der Waals surface area contributed by atoms with E-state index in [1.807, 2.05) is 19.2 Å². The summed E-state index contributed by atoms with van der Waals surface area (Å²) in [5.74, 6) is 0. The lowest BCUT2D eigenvalue weighted by Gasteiger charge is -2.09. The highest BCUT2D eigenvalue weighted by atomic mass is 14.9. The van der Waals surface area contributed by atoms with Crippen molar-refractivity contribution in [2.75, 3.05) is 11.9 Å². The molecule has 0 unspecified atom stereocenters. The maximum absolute atomic E-state index is 4.03. The summed E-state index contributed by atoms with van der Waals surface area (Å²) in [5.41, 5.74) is 3.53. The maximum Gasteiger partial charge on any atom is 0.0403 e. The van der Waals surface area contributed by atoms with Crippen LogP contribution in [0.4, 0.5) is 5.69 Å². The molecule has 1 aromatic rings. The van der Waals surface area contributed by atoms with Crippen molar-refractivity contribution in [1.82, 2.24) is 4.98 Å². The lowest BCUT2D eigenvalue weighted by Crippen LogP contribution is -2.04. The standard InChI is InChI=1S/C11H16N2/c1-4-9(2)7-13-11-5-6-12-8-10(11)3/h5-6,8H,2,4,7H2,1,3H3,(H,12,13).